The first-order valence-corrected chi connectivity index (χ1v) is 36.1. The molecule has 3 saturated heterocycles. The number of hydrogen-bond donors (Lipinski definition) is 4. The lowest BCUT2D eigenvalue weighted by Crippen LogP contribution is -2.41. The molecule has 4 N–H and O–H groups in total. The van der Waals surface area contributed by atoms with Crippen molar-refractivity contribution in [2.45, 2.75) is 99.9 Å². The minimum atomic E-state index is -3.18. The zero-order chi connectivity index (χ0) is 59.4. The van der Waals surface area contributed by atoms with Crippen molar-refractivity contribution in [3.8, 4) is 0 Å². The zero-order valence-corrected chi connectivity index (χ0v) is 52.4. The second-order valence-corrected chi connectivity index (χ2v) is 32.2. The van der Waals surface area contributed by atoms with Gasteiger partial charge in [-0.2, -0.15) is 4.31 Å². The average Bonchev–Trinajstić information content (AvgIpc) is 3.78. The van der Waals surface area contributed by atoms with Crippen molar-refractivity contribution in [2.24, 2.45) is 0 Å². The highest BCUT2D eigenvalue weighted by Gasteiger charge is 2.41. The zero-order valence-electron chi connectivity index (χ0n) is 48.3. The molecule has 1 aliphatic carbocycles. The second-order valence-electron chi connectivity index (χ2n) is 23.0. The van der Waals surface area contributed by atoms with Crippen LogP contribution in [-0.4, -0.2) is 159 Å². The van der Waals surface area contributed by atoms with Crippen molar-refractivity contribution in [3.05, 3.63) is 149 Å². The summed E-state index contributed by atoms with van der Waals surface area (Å²) in [7, 11) is -10.9. The van der Waals surface area contributed by atoms with Crippen LogP contribution in [0.4, 0.5) is 0 Å². The molecule has 0 atom stereocenters. The largest absolute Gasteiger partial charge is 0.384 e. The van der Waals surface area contributed by atoms with Crippen LogP contribution in [0.1, 0.15) is 112 Å². The van der Waals surface area contributed by atoms with E-state index in [1.54, 1.807) is 26.8 Å². The minimum Gasteiger partial charge on any atom is -0.384 e. The second kappa shape index (κ2) is 26.3. The van der Waals surface area contributed by atoms with Gasteiger partial charge in [-0.3, -0.25) is 0 Å². The van der Waals surface area contributed by atoms with Gasteiger partial charge in [0.05, 0.1) is 29.1 Å². The molecule has 0 bridgehead atoms. The summed E-state index contributed by atoms with van der Waals surface area (Å²) in [4.78, 5) is 13.2. The number of nitrogens with one attached hydrogen (secondary N) is 4. The van der Waals surface area contributed by atoms with Gasteiger partial charge in [-0.05, 0) is 142 Å². The molecule has 4 aromatic heterocycles. The normalized spacial score (nSPS) is 19.0. The fourth-order valence-electron chi connectivity index (χ4n) is 12.3. The molecule has 8 heterocycles. The smallest absolute Gasteiger partial charge is 0.216 e. The molecule has 22 heteroatoms. The van der Waals surface area contributed by atoms with Crippen LogP contribution in [0.5, 0.6) is 0 Å². The number of aromatic amines is 4. The number of ether oxygens (including phenoxy) is 1. The predicted molar refractivity (Wildman–Crippen MR) is 340 cm³/mol. The maximum absolute atomic E-state index is 12.3. The first kappa shape index (κ1) is 61.7. The van der Waals surface area contributed by atoms with E-state index in [2.05, 4.69) is 87.1 Å². The highest BCUT2D eigenvalue weighted by molar-refractivity contribution is 7.90. The number of methoxy groups -OCH3 is 1. The molecular formula is C62H79ClN8O9S4. The number of benzene rings is 4. The van der Waals surface area contributed by atoms with Crippen molar-refractivity contribution in [2.75, 3.05) is 78.1 Å². The van der Waals surface area contributed by atoms with E-state index >= 15 is 0 Å². The minimum absolute atomic E-state index is 0.0707. The van der Waals surface area contributed by atoms with Crippen LogP contribution in [0.25, 0.3) is 49.2 Å². The van der Waals surface area contributed by atoms with Gasteiger partial charge in [0, 0.05) is 138 Å². The third-order valence-corrected chi connectivity index (χ3v) is 25.4. The van der Waals surface area contributed by atoms with E-state index in [0.29, 0.717) is 75.1 Å². The number of rotatable bonds is 13. The SMILES string of the molecule is CC(C)S(=O)(=O)N1CCC(c2c[nH]c3ccccc23)CC1.COCCS(=O)(=O)N1CCC(c2c[nH]c3ccccc23)CC1.CS(=O)(=O)N1CC=C(c2c[nH]c3cc(Cl)ccc23)CC1.O=S(=O)(C1CC1)N1CCC(c2c[nH]c3ccccc23)CC1. The van der Waals surface area contributed by atoms with Crippen LogP contribution in [0.3, 0.4) is 0 Å². The number of aromatic nitrogens is 4. The molecule has 84 heavy (non-hydrogen) atoms. The van der Waals surface area contributed by atoms with Crippen LogP contribution in [0, 0.1) is 0 Å². The van der Waals surface area contributed by atoms with Gasteiger partial charge >= 0.3 is 0 Å². The number of sulfonamides is 4. The number of nitrogens with zero attached hydrogens (tertiary/aromatic N) is 4. The van der Waals surface area contributed by atoms with E-state index in [9.17, 15) is 33.7 Å². The average molecular weight is 1240 g/mol. The van der Waals surface area contributed by atoms with Crippen LogP contribution in [0.15, 0.2) is 122 Å². The number of piperidine rings is 3. The Hall–Kier alpha value is -5.33. The van der Waals surface area contributed by atoms with E-state index in [1.807, 2.05) is 54.7 Å². The van der Waals surface area contributed by atoms with Crippen LogP contribution >= 0.6 is 11.6 Å². The van der Waals surface area contributed by atoms with Crippen molar-refractivity contribution in [1.29, 1.82) is 0 Å². The quantitative estimate of drug-likeness (QED) is 0.0861. The lowest BCUT2D eigenvalue weighted by molar-refractivity contribution is 0.214. The van der Waals surface area contributed by atoms with Gasteiger partial charge in [0.1, 0.15) is 0 Å². The van der Waals surface area contributed by atoms with Crippen LogP contribution < -0.4 is 0 Å². The summed E-state index contributed by atoms with van der Waals surface area (Å²) in [5.41, 5.74) is 10.8. The molecule has 8 aromatic rings. The Labute approximate surface area is 500 Å². The first-order valence-electron chi connectivity index (χ1n) is 29.3. The summed E-state index contributed by atoms with van der Waals surface area (Å²) in [6.07, 6.45) is 19.3. The molecule has 0 unspecified atom stereocenters. The monoisotopic (exact) mass is 1240 g/mol. The van der Waals surface area contributed by atoms with Crippen molar-refractivity contribution in [1.82, 2.24) is 37.2 Å². The number of hydrogen-bond acceptors (Lipinski definition) is 9. The van der Waals surface area contributed by atoms with Crippen molar-refractivity contribution < 1.29 is 38.4 Å². The summed E-state index contributed by atoms with van der Waals surface area (Å²) >= 11 is 5.98. The van der Waals surface area contributed by atoms with Gasteiger partial charge in [0.15, 0.2) is 0 Å². The molecule has 1 saturated carbocycles. The fourth-order valence-corrected chi connectivity index (χ4v) is 17.9. The highest BCUT2D eigenvalue weighted by Crippen LogP contribution is 2.39. The van der Waals surface area contributed by atoms with E-state index in [0.717, 1.165) is 85.3 Å². The molecule has 4 fully saturated rings. The summed E-state index contributed by atoms with van der Waals surface area (Å²) < 4.78 is 108. The number of para-hydroxylation sites is 3. The summed E-state index contributed by atoms with van der Waals surface area (Å²) in [5.74, 6) is 1.40. The number of halogens is 1. The fraction of sp³-hybridized carbons (Fsp3) is 0.452. The summed E-state index contributed by atoms with van der Waals surface area (Å²) in [6, 6.07) is 30.7. The van der Waals surface area contributed by atoms with Crippen LogP contribution in [-0.2, 0) is 44.8 Å². The highest BCUT2D eigenvalue weighted by atomic mass is 35.5. The molecule has 0 spiro atoms. The Kier molecular flexibility index (Phi) is 19.4. The first-order chi connectivity index (χ1) is 40.2. The lowest BCUT2D eigenvalue weighted by Gasteiger charge is -2.32. The molecule has 452 valence electrons. The van der Waals surface area contributed by atoms with E-state index in [1.165, 1.54) is 61.6 Å². The van der Waals surface area contributed by atoms with Crippen LogP contribution in [0.2, 0.25) is 5.02 Å². The van der Waals surface area contributed by atoms with Gasteiger partial charge in [-0.25, -0.2) is 46.6 Å². The molecule has 17 nitrogen and oxygen atoms in total. The van der Waals surface area contributed by atoms with Gasteiger partial charge in [-0.1, -0.05) is 78.3 Å². The molecule has 13 rings (SSSR count). The Morgan fingerprint density at radius 3 is 1.42 bits per heavy atom. The third kappa shape index (κ3) is 14.1. The topological polar surface area (TPSA) is 222 Å². The third-order valence-electron chi connectivity index (χ3n) is 17.4. The molecule has 0 amide bonds. The molecule has 4 aromatic carbocycles. The Balaban J connectivity index is 0.000000125. The van der Waals surface area contributed by atoms with Gasteiger partial charge < -0.3 is 24.7 Å². The molecule has 5 aliphatic rings. The maximum Gasteiger partial charge on any atom is 0.216 e. The van der Waals surface area contributed by atoms with Crippen molar-refractivity contribution >= 4 is 101 Å². The standard InChI is InChI=1S/C16H22N2O3S.C16H20N2O2S.C16H22N2O2S.C14H15ClN2O2S/c1-21-10-11-22(19,20)18-8-6-13(7-9-18)15-12-17-16-5-3-2-4-14(15)16;19-21(20,13-5-6-13)18-9-7-12(8-10-18)15-11-17-16-4-2-1-3-14(15)16;1-12(2)21(19,20)18-9-7-13(8-10-18)15-11-17-16-6-4-3-5-14(15)16;1-20(18,19)17-6-4-10(5-7-17)13-9-16-14-8-11(15)2-3-12(13)14/h2-5,12-13,17H,6-11H2,1H3;1-4,11-13,17H,5-10H2;3-6,11-13,17H,7-10H2,1-2H3;2-4,8-9,16H,5-7H2,1H3. The molecular weight excluding hydrogens is 1160 g/mol. The maximum atomic E-state index is 12.3. The number of fused-ring (bicyclic) bond motifs is 4. The van der Waals surface area contributed by atoms with E-state index in [-0.39, 0.29) is 22.9 Å². The van der Waals surface area contributed by atoms with E-state index < -0.39 is 40.1 Å². The Morgan fingerprint density at radius 1 is 0.536 bits per heavy atom. The molecule has 4 aliphatic heterocycles. The van der Waals surface area contributed by atoms with Gasteiger partial charge in [0.25, 0.3) is 0 Å². The van der Waals surface area contributed by atoms with Gasteiger partial charge in [-0.15, -0.1) is 0 Å². The predicted octanol–water partition coefficient (Wildman–Crippen LogP) is 11.1. The molecule has 0 radical (unpaired) electrons. The van der Waals surface area contributed by atoms with E-state index in [4.69, 9.17) is 16.3 Å². The summed E-state index contributed by atoms with van der Waals surface area (Å²) in [5, 5.41) is 5.20. The van der Waals surface area contributed by atoms with Gasteiger partial charge in [0.2, 0.25) is 40.1 Å². The van der Waals surface area contributed by atoms with Crippen molar-refractivity contribution in [3.63, 3.8) is 0 Å². The number of H-pyrrole nitrogens is 4. The summed E-state index contributed by atoms with van der Waals surface area (Å²) in [6.45, 7) is 8.51. The Bertz CT molecular complexity index is 3930. The lowest BCUT2D eigenvalue weighted by atomic mass is 9.90. The Morgan fingerprint density at radius 2 is 0.988 bits per heavy atom.